The van der Waals surface area contributed by atoms with Gasteiger partial charge in [-0.05, 0) is 49.1 Å². The minimum Gasteiger partial charge on any atom is -0.494 e. The van der Waals surface area contributed by atoms with Crippen molar-refractivity contribution in [3.05, 3.63) is 60.2 Å². The van der Waals surface area contributed by atoms with Crippen LogP contribution in [0.25, 0.3) is 0 Å². The van der Waals surface area contributed by atoms with E-state index in [0.717, 1.165) is 6.42 Å². The zero-order chi connectivity index (χ0) is 16.7. The van der Waals surface area contributed by atoms with Crippen molar-refractivity contribution in [3.8, 4) is 5.75 Å². The number of sulfonamides is 1. The Hall–Kier alpha value is -1.85. The fourth-order valence-electron chi connectivity index (χ4n) is 2.32. The zero-order valence-corrected chi connectivity index (χ0v) is 14.3. The molecule has 0 amide bonds. The molecule has 1 atom stereocenters. The third-order valence-corrected chi connectivity index (χ3v) is 5.16. The number of nitrogens with one attached hydrogen (secondary N) is 1. The Bertz CT molecular complexity index is 697. The van der Waals surface area contributed by atoms with E-state index in [1.807, 2.05) is 25.1 Å². The third-order valence-electron chi connectivity index (χ3n) is 3.68. The molecule has 0 aliphatic heterocycles. The second kappa shape index (κ2) is 8.13. The van der Waals surface area contributed by atoms with Gasteiger partial charge in [0.2, 0.25) is 10.0 Å². The SMILES string of the molecule is CCOc1ccc(S(=O)(=O)NCCC(C)c2ccccc2)cc1. The zero-order valence-electron chi connectivity index (χ0n) is 13.5. The smallest absolute Gasteiger partial charge is 0.240 e. The van der Waals surface area contributed by atoms with Crippen LogP contribution >= 0.6 is 0 Å². The minimum absolute atomic E-state index is 0.258. The van der Waals surface area contributed by atoms with E-state index in [9.17, 15) is 8.42 Å². The van der Waals surface area contributed by atoms with Crippen molar-refractivity contribution in [1.82, 2.24) is 4.72 Å². The van der Waals surface area contributed by atoms with E-state index >= 15 is 0 Å². The molecule has 2 rings (SSSR count). The largest absolute Gasteiger partial charge is 0.494 e. The van der Waals surface area contributed by atoms with Crippen molar-refractivity contribution in [3.63, 3.8) is 0 Å². The highest BCUT2D eigenvalue weighted by atomic mass is 32.2. The fourth-order valence-corrected chi connectivity index (χ4v) is 3.37. The molecule has 0 radical (unpaired) electrons. The van der Waals surface area contributed by atoms with Crippen molar-refractivity contribution in [2.24, 2.45) is 0 Å². The highest BCUT2D eigenvalue weighted by Crippen LogP contribution is 2.19. The lowest BCUT2D eigenvalue weighted by atomic mass is 9.98. The second-order valence-corrected chi connectivity index (χ2v) is 7.17. The molecule has 5 heteroatoms. The summed E-state index contributed by atoms with van der Waals surface area (Å²) < 4.78 is 32.5. The molecule has 124 valence electrons. The van der Waals surface area contributed by atoms with Crippen molar-refractivity contribution in [1.29, 1.82) is 0 Å². The molecule has 0 aromatic heterocycles. The first-order chi connectivity index (χ1) is 11.0. The van der Waals surface area contributed by atoms with Crippen LogP contribution < -0.4 is 9.46 Å². The Morgan fingerprint density at radius 2 is 1.70 bits per heavy atom. The van der Waals surface area contributed by atoms with Crippen molar-refractivity contribution >= 4 is 10.0 Å². The number of benzene rings is 2. The molecule has 0 aliphatic carbocycles. The van der Waals surface area contributed by atoms with Crippen LogP contribution in [0.2, 0.25) is 0 Å². The maximum atomic E-state index is 12.3. The van der Waals surface area contributed by atoms with Crippen LogP contribution in [0.1, 0.15) is 31.7 Å². The third kappa shape index (κ3) is 5.08. The summed E-state index contributed by atoms with van der Waals surface area (Å²) in [7, 11) is -3.48. The van der Waals surface area contributed by atoms with Crippen LogP contribution in [0.15, 0.2) is 59.5 Å². The van der Waals surface area contributed by atoms with E-state index in [1.54, 1.807) is 24.3 Å². The summed E-state index contributed by atoms with van der Waals surface area (Å²) in [5, 5.41) is 0. The van der Waals surface area contributed by atoms with Gasteiger partial charge in [-0.2, -0.15) is 0 Å². The molecule has 4 nitrogen and oxygen atoms in total. The lowest BCUT2D eigenvalue weighted by Crippen LogP contribution is -2.25. The van der Waals surface area contributed by atoms with Gasteiger partial charge in [0.05, 0.1) is 11.5 Å². The first-order valence-corrected chi connectivity index (χ1v) is 9.28. The van der Waals surface area contributed by atoms with Crippen molar-refractivity contribution in [2.45, 2.75) is 31.1 Å². The van der Waals surface area contributed by atoms with Gasteiger partial charge in [-0.15, -0.1) is 0 Å². The van der Waals surface area contributed by atoms with E-state index in [4.69, 9.17) is 4.74 Å². The minimum atomic E-state index is -3.48. The van der Waals surface area contributed by atoms with Crippen LogP contribution in [-0.4, -0.2) is 21.6 Å². The Labute approximate surface area is 138 Å². The van der Waals surface area contributed by atoms with Crippen LogP contribution in [0, 0.1) is 0 Å². The standard InChI is InChI=1S/C18H23NO3S/c1-3-22-17-9-11-18(12-10-17)23(20,21)19-14-13-15(2)16-7-5-4-6-8-16/h4-12,15,19H,3,13-14H2,1-2H3. The molecule has 0 spiro atoms. The van der Waals surface area contributed by atoms with E-state index in [1.165, 1.54) is 5.56 Å². The topological polar surface area (TPSA) is 55.4 Å². The highest BCUT2D eigenvalue weighted by molar-refractivity contribution is 7.89. The van der Waals surface area contributed by atoms with Gasteiger partial charge in [0, 0.05) is 6.54 Å². The average Bonchev–Trinajstić information content (AvgIpc) is 2.56. The van der Waals surface area contributed by atoms with Gasteiger partial charge >= 0.3 is 0 Å². The van der Waals surface area contributed by atoms with E-state index < -0.39 is 10.0 Å². The maximum Gasteiger partial charge on any atom is 0.240 e. The Morgan fingerprint density at radius 1 is 1.04 bits per heavy atom. The van der Waals surface area contributed by atoms with Gasteiger partial charge in [0.15, 0.2) is 0 Å². The molecule has 0 fully saturated rings. The molecule has 1 N–H and O–H groups in total. The van der Waals surface area contributed by atoms with E-state index in [-0.39, 0.29) is 4.90 Å². The van der Waals surface area contributed by atoms with E-state index in [0.29, 0.717) is 24.8 Å². The summed E-state index contributed by atoms with van der Waals surface area (Å²) in [6.07, 6.45) is 0.750. The number of ether oxygens (including phenoxy) is 1. The number of hydrogen-bond donors (Lipinski definition) is 1. The van der Waals surface area contributed by atoms with Gasteiger partial charge in [0.25, 0.3) is 0 Å². The first-order valence-electron chi connectivity index (χ1n) is 7.80. The summed E-state index contributed by atoms with van der Waals surface area (Å²) in [6, 6.07) is 16.6. The van der Waals surface area contributed by atoms with Gasteiger partial charge < -0.3 is 4.74 Å². The molecule has 0 saturated heterocycles. The van der Waals surface area contributed by atoms with Gasteiger partial charge in [-0.25, -0.2) is 13.1 Å². The van der Waals surface area contributed by atoms with Crippen LogP contribution in [0.5, 0.6) is 5.75 Å². The highest BCUT2D eigenvalue weighted by Gasteiger charge is 2.14. The quantitative estimate of drug-likeness (QED) is 0.803. The van der Waals surface area contributed by atoms with Crippen molar-refractivity contribution in [2.75, 3.05) is 13.2 Å². The Morgan fingerprint density at radius 3 is 2.30 bits per heavy atom. The maximum absolute atomic E-state index is 12.3. The molecule has 2 aromatic rings. The summed E-state index contributed by atoms with van der Waals surface area (Å²) in [5.74, 6) is 0.975. The lowest BCUT2D eigenvalue weighted by molar-refractivity contribution is 0.340. The van der Waals surface area contributed by atoms with E-state index in [2.05, 4.69) is 23.8 Å². The fraction of sp³-hybridized carbons (Fsp3) is 0.333. The molecule has 23 heavy (non-hydrogen) atoms. The molecule has 0 bridgehead atoms. The molecule has 0 aliphatic rings. The molecule has 0 saturated carbocycles. The predicted molar refractivity (Wildman–Crippen MR) is 92.3 cm³/mol. The van der Waals surface area contributed by atoms with Crippen LogP contribution in [0.4, 0.5) is 0 Å². The van der Waals surface area contributed by atoms with Gasteiger partial charge in [-0.3, -0.25) is 0 Å². The summed E-state index contributed by atoms with van der Waals surface area (Å²) >= 11 is 0. The summed E-state index contributed by atoms with van der Waals surface area (Å²) in [4.78, 5) is 0.258. The van der Waals surface area contributed by atoms with Gasteiger partial charge in [0.1, 0.15) is 5.75 Å². The number of hydrogen-bond acceptors (Lipinski definition) is 3. The predicted octanol–water partition coefficient (Wildman–Crippen LogP) is 3.56. The van der Waals surface area contributed by atoms with Gasteiger partial charge in [-0.1, -0.05) is 37.3 Å². The molecule has 1 unspecified atom stereocenters. The Balaban J connectivity index is 1.91. The molecule has 0 heterocycles. The monoisotopic (exact) mass is 333 g/mol. The normalized spacial score (nSPS) is 12.8. The summed E-state index contributed by atoms with van der Waals surface area (Å²) in [6.45, 7) is 4.95. The summed E-state index contributed by atoms with van der Waals surface area (Å²) in [5.41, 5.74) is 1.22. The Kier molecular flexibility index (Phi) is 6.19. The molecular formula is C18H23NO3S. The second-order valence-electron chi connectivity index (χ2n) is 5.40. The van der Waals surface area contributed by atoms with Crippen LogP contribution in [0.3, 0.4) is 0 Å². The number of rotatable bonds is 8. The lowest BCUT2D eigenvalue weighted by Gasteiger charge is -2.13. The molecule has 2 aromatic carbocycles. The first kappa shape index (κ1) is 17.5. The molecular weight excluding hydrogens is 310 g/mol. The average molecular weight is 333 g/mol. The van der Waals surface area contributed by atoms with Crippen molar-refractivity contribution < 1.29 is 13.2 Å². The van der Waals surface area contributed by atoms with Crippen LogP contribution in [-0.2, 0) is 10.0 Å².